The van der Waals surface area contributed by atoms with E-state index in [0.717, 1.165) is 56.0 Å². The Labute approximate surface area is 200 Å². The van der Waals surface area contributed by atoms with Crippen LogP contribution in [-0.4, -0.2) is 48.6 Å². The lowest BCUT2D eigenvalue weighted by molar-refractivity contribution is -0.274. The number of hydrogen-bond donors (Lipinski definition) is 1. The third kappa shape index (κ3) is 6.54. The molecule has 3 aromatic rings. The molecular formula is C21H25Cl2F3N4OS. The highest BCUT2D eigenvalue weighted by Gasteiger charge is 2.31. The third-order valence-corrected chi connectivity index (χ3v) is 6.22. The second kappa shape index (κ2) is 11.3. The van der Waals surface area contributed by atoms with Crippen LogP contribution in [0.25, 0.3) is 10.2 Å². The Morgan fingerprint density at radius 2 is 1.62 bits per heavy atom. The van der Waals surface area contributed by atoms with Crippen molar-refractivity contribution in [3.63, 3.8) is 0 Å². The van der Waals surface area contributed by atoms with Gasteiger partial charge in [-0.2, -0.15) is 0 Å². The van der Waals surface area contributed by atoms with Gasteiger partial charge in [-0.05, 0) is 43.3 Å². The molecule has 1 aliphatic heterocycles. The third-order valence-electron chi connectivity index (χ3n) is 5.26. The van der Waals surface area contributed by atoms with Crippen molar-refractivity contribution < 1.29 is 17.9 Å². The quantitative estimate of drug-likeness (QED) is 0.501. The molecule has 0 spiro atoms. The monoisotopic (exact) mass is 508 g/mol. The summed E-state index contributed by atoms with van der Waals surface area (Å²) in [6.45, 7) is 5.57. The average molecular weight is 509 g/mol. The van der Waals surface area contributed by atoms with Gasteiger partial charge in [0.05, 0.1) is 10.2 Å². The Morgan fingerprint density at radius 1 is 0.938 bits per heavy atom. The van der Waals surface area contributed by atoms with Crippen molar-refractivity contribution >= 4 is 52.1 Å². The lowest BCUT2D eigenvalue weighted by Gasteiger charge is -2.36. The van der Waals surface area contributed by atoms with Crippen LogP contribution < -0.4 is 14.4 Å². The Balaban J connectivity index is 0.00000181. The Hall–Kier alpha value is -1.94. The minimum atomic E-state index is -4.71. The number of thiazole rings is 1. The summed E-state index contributed by atoms with van der Waals surface area (Å²) in [4.78, 5) is 5.15. The van der Waals surface area contributed by atoms with E-state index in [1.807, 2.05) is 10.6 Å². The average Bonchev–Trinajstić information content (AvgIpc) is 3.02. The first kappa shape index (κ1) is 26.3. The molecule has 0 aliphatic carbocycles. The van der Waals surface area contributed by atoms with E-state index in [0.29, 0.717) is 16.0 Å². The van der Waals surface area contributed by atoms with E-state index in [1.165, 1.54) is 17.8 Å². The maximum absolute atomic E-state index is 12.4. The summed E-state index contributed by atoms with van der Waals surface area (Å²) in [7, 11) is 0. The lowest BCUT2D eigenvalue weighted by Crippen LogP contribution is -2.46. The van der Waals surface area contributed by atoms with E-state index in [2.05, 4.69) is 38.8 Å². The summed E-state index contributed by atoms with van der Waals surface area (Å²) in [6, 6.07) is 14.7. The van der Waals surface area contributed by atoms with Crippen LogP contribution in [0.4, 0.5) is 18.9 Å². The number of alkyl halides is 3. The Morgan fingerprint density at radius 3 is 2.28 bits per heavy atom. The van der Waals surface area contributed by atoms with Gasteiger partial charge in [0, 0.05) is 38.4 Å². The van der Waals surface area contributed by atoms with Gasteiger partial charge in [0.2, 0.25) is 0 Å². The van der Waals surface area contributed by atoms with Crippen LogP contribution >= 0.6 is 36.2 Å². The minimum Gasteiger partial charge on any atom is -0.406 e. The van der Waals surface area contributed by atoms with Gasteiger partial charge in [-0.25, -0.2) is 0 Å². The molecule has 2 heterocycles. The molecule has 4 rings (SSSR count). The van der Waals surface area contributed by atoms with Gasteiger partial charge in [-0.3, -0.25) is 10.3 Å². The summed E-state index contributed by atoms with van der Waals surface area (Å²) < 4.78 is 43.7. The minimum absolute atomic E-state index is 0. The van der Waals surface area contributed by atoms with E-state index in [1.54, 1.807) is 6.07 Å². The number of rotatable bonds is 6. The number of aryl methyl sites for hydroxylation is 1. The Bertz CT molecular complexity index is 1050. The predicted molar refractivity (Wildman–Crippen MR) is 127 cm³/mol. The Kier molecular flexibility index (Phi) is 9.27. The topological polar surface area (TPSA) is 44.5 Å². The summed E-state index contributed by atoms with van der Waals surface area (Å²) >= 11 is 1.16. The molecule has 1 N–H and O–H groups in total. The van der Waals surface area contributed by atoms with Crippen LogP contribution in [0.15, 0.2) is 48.5 Å². The van der Waals surface area contributed by atoms with Crippen molar-refractivity contribution in [1.82, 2.24) is 9.47 Å². The van der Waals surface area contributed by atoms with E-state index >= 15 is 0 Å². The number of benzene rings is 2. The van der Waals surface area contributed by atoms with Crippen LogP contribution in [0.3, 0.4) is 0 Å². The van der Waals surface area contributed by atoms with Crippen LogP contribution in [0.5, 0.6) is 5.75 Å². The van der Waals surface area contributed by atoms with Gasteiger partial charge >= 0.3 is 6.36 Å². The van der Waals surface area contributed by atoms with Crippen molar-refractivity contribution in [1.29, 1.82) is 5.41 Å². The molecule has 1 aliphatic rings. The second-order valence-electron chi connectivity index (χ2n) is 7.25. The molecule has 0 unspecified atom stereocenters. The summed E-state index contributed by atoms with van der Waals surface area (Å²) in [6.07, 6.45) is -3.83. The van der Waals surface area contributed by atoms with Gasteiger partial charge in [0.1, 0.15) is 5.75 Å². The largest absolute Gasteiger partial charge is 0.573 e. The van der Waals surface area contributed by atoms with Gasteiger partial charge < -0.3 is 14.2 Å². The fraction of sp³-hybridized carbons (Fsp3) is 0.381. The molecule has 0 radical (unpaired) electrons. The number of nitrogens with one attached hydrogen (secondary N) is 1. The molecule has 0 atom stereocenters. The number of anilines is 1. The van der Waals surface area contributed by atoms with Crippen molar-refractivity contribution in [2.24, 2.45) is 0 Å². The van der Waals surface area contributed by atoms with E-state index in [9.17, 15) is 13.2 Å². The maximum Gasteiger partial charge on any atom is 0.573 e. The SMILES string of the molecule is Cl.Cl.N=c1sc2cc(OC(F)(F)F)ccc2n1CCCN1CCN(c2ccccc2)CC1. The zero-order chi connectivity index (χ0) is 21.1. The highest BCUT2D eigenvalue weighted by Crippen LogP contribution is 2.28. The molecular weight excluding hydrogens is 484 g/mol. The number of halogens is 5. The van der Waals surface area contributed by atoms with E-state index in [-0.39, 0.29) is 30.6 Å². The summed E-state index contributed by atoms with van der Waals surface area (Å²) in [5.74, 6) is -0.250. The number of ether oxygens (including phenoxy) is 1. The number of nitrogens with zero attached hydrogens (tertiary/aromatic N) is 3. The van der Waals surface area contributed by atoms with Crippen molar-refractivity contribution in [3.05, 3.63) is 53.3 Å². The van der Waals surface area contributed by atoms with E-state index in [4.69, 9.17) is 5.41 Å². The standard InChI is InChI=1S/C21H23F3N4OS.2ClH/c22-21(23,24)29-17-7-8-18-19(15-17)30-20(25)28(18)10-4-9-26-11-13-27(14-12-26)16-5-2-1-3-6-16;;/h1-3,5-8,15,25H,4,9-14H2;2*1H. The molecule has 11 heteroatoms. The molecule has 32 heavy (non-hydrogen) atoms. The number of fused-ring (bicyclic) bond motifs is 1. The van der Waals surface area contributed by atoms with Crippen molar-refractivity contribution in [2.45, 2.75) is 19.3 Å². The number of aromatic nitrogens is 1. The van der Waals surface area contributed by atoms with Gasteiger partial charge in [-0.1, -0.05) is 29.5 Å². The van der Waals surface area contributed by atoms with Gasteiger partial charge in [0.15, 0.2) is 4.80 Å². The molecule has 1 saturated heterocycles. The molecule has 1 aromatic heterocycles. The van der Waals surface area contributed by atoms with Crippen LogP contribution in [0, 0.1) is 5.41 Å². The van der Waals surface area contributed by atoms with Gasteiger partial charge in [-0.15, -0.1) is 38.0 Å². The first-order valence-corrected chi connectivity index (χ1v) is 10.7. The molecule has 0 saturated carbocycles. The molecule has 2 aromatic carbocycles. The number of para-hydroxylation sites is 1. The zero-order valence-electron chi connectivity index (χ0n) is 17.2. The normalized spacial score (nSPS) is 14.7. The second-order valence-corrected chi connectivity index (χ2v) is 8.28. The lowest BCUT2D eigenvalue weighted by atomic mass is 10.2. The molecule has 5 nitrogen and oxygen atoms in total. The summed E-state index contributed by atoms with van der Waals surface area (Å²) in [5.41, 5.74) is 2.03. The van der Waals surface area contributed by atoms with E-state index < -0.39 is 6.36 Å². The fourth-order valence-corrected chi connectivity index (χ4v) is 4.77. The smallest absolute Gasteiger partial charge is 0.406 e. The first-order valence-electron chi connectivity index (χ1n) is 9.85. The van der Waals surface area contributed by atoms with Crippen LogP contribution in [-0.2, 0) is 6.54 Å². The number of hydrogen-bond acceptors (Lipinski definition) is 5. The molecule has 1 fully saturated rings. The fourth-order valence-electron chi connectivity index (χ4n) is 3.81. The molecule has 176 valence electrons. The van der Waals surface area contributed by atoms with Crippen molar-refractivity contribution in [2.75, 3.05) is 37.6 Å². The highest BCUT2D eigenvalue weighted by molar-refractivity contribution is 7.16. The highest BCUT2D eigenvalue weighted by atomic mass is 35.5. The maximum atomic E-state index is 12.4. The predicted octanol–water partition coefficient (Wildman–Crippen LogP) is 5.14. The molecule has 0 bridgehead atoms. The van der Waals surface area contributed by atoms with Crippen molar-refractivity contribution in [3.8, 4) is 5.75 Å². The summed E-state index contributed by atoms with van der Waals surface area (Å²) in [5, 5.41) is 8.19. The number of piperazine rings is 1. The molecule has 0 amide bonds. The van der Waals surface area contributed by atoms with Gasteiger partial charge in [0.25, 0.3) is 0 Å². The van der Waals surface area contributed by atoms with Crippen LogP contribution in [0.2, 0.25) is 0 Å². The first-order chi connectivity index (χ1) is 14.4. The van der Waals surface area contributed by atoms with Crippen LogP contribution in [0.1, 0.15) is 6.42 Å². The zero-order valence-corrected chi connectivity index (χ0v) is 19.6.